The Labute approximate surface area is 136 Å². The fourth-order valence-electron chi connectivity index (χ4n) is 2.32. The maximum Gasteiger partial charge on any atom is 0.131 e. The van der Waals surface area contributed by atoms with E-state index in [9.17, 15) is 0 Å². The molecule has 0 fully saturated rings. The highest BCUT2D eigenvalue weighted by atomic mass is 16.5. The molecule has 3 aromatic rings. The molecular weight excluding hydrogens is 288 g/mol. The molecule has 0 atom stereocenters. The highest BCUT2D eigenvalue weighted by Crippen LogP contribution is 2.29. The average molecular weight is 306 g/mol. The third-order valence-electron chi connectivity index (χ3n) is 3.53. The first-order valence-corrected chi connectivity index (χ1v) is 7.35. The molecule has 0 aliphatic carbocycles. The summed E-state index contributed by atoms with van der Waals surface area (Å²) in [5.41, 5.74) is 2.22. The van der Waals surface area contributed by atoms with Crippen molar-refractivity contribution in [2.75, 3.05) is 14.2 Å². The van der Waals surface area contributed by atoms with Gasteiger partial charge in [-0.1, -0.05) is 30.3 Å². The van der Waals surface area contributed by atoms with Gasteiger partial charge < -0.3 is 14.2 Å². The highest BCUT2D eigenvalue weighted by molar-refractivity contribution is 5.65. The van der Waals surface area contributed by atoms with E-state index in [0.29, 0.717) is 0 Å². The summed E-state index contributed by atoms with van der Waals surface area (Å²) in [6.45, 7) is 0. The monoisotopic (exact) mass is 306 g/mol. The van der Waals surface area contributed by atoms with Crippen molar-refractivity contribution in [3.63, 3.8) is 0 Å². The van der Waals surface area contributed by atoms with Gasteiger partial charge in [0.1, 0.15) is 23.0 Å². The Morgan fingerprint density at radius 1 is 0.522 bits per heavy atom. The van der Waals surface area contributed by atoms with Gasteiger partial charge in [-0.15, -0.1) is 0 Å². The molecule has 0 bridgehead atoms. The quantitative estimate of drug-likeness (QED) is 0.651. The van der Waals surface area contributed by atoms with Crippen LogP contribution in [-0.2, 0) is 0 Å². The fraction of sp³-hybridized carbons (Fsp3) is 0.100. The Morgan fingerprint density at radius 3 is 1.83 bits per heavy atom. The predicted molar refractivity (Wildman–Crippen MR) is 91.5 cm³/mol. The first-order valence-electron chi connectivity index (χ1n) is 7.35. The standard InChI is InChI=1S/C20H18O3/c1-21-18-6-3-5-16(13-18)15-9-11-17(12-10-15)23-20-8-4-7-19(14-20)22-2/h3-14H,1-2H3. The van der Waals surface area contributed by atoms with Crippen LogP contribution in [0.1, 0.15) is 0 Å². The molecule has 0 spiro atoms. The van der Waals surface area contributed by atoms with E-state index in [1.165, 1.54) is 0 Å². The maximum absolute atomic E-state index is 5.85. The summed E-state index contributed by atoms with van der Waals surface area (Å²) < 4.78 is 16.3. The zero-order valence-electron chi connectivity index (χ0n) is 13.2. The SMILES string of the molecule is COc1cccc(Oc2ccc(-c3cccc(OC)c3)cc2)c1. The minimum Gasteiger partial charge on any atom is -0.497 e. The Morgan fingerprint density at radius 2 is 1.13 bits per heavy atom. The van der Waals surface area contributed by atoms with Gasteiger partial charge in [0.2, 0.25) is 0 Å². The van der Waals surface area contributed by atoms with Gasteiger partial charge in [0.15, 0.2) is 0 Å². The van der Waals surface area contributed by atoms with Gasteiger partial charge in [-0.25, -0.2) is 0 Å². The Balaban J connectivity index is 1.78. The molecule has 0 amide bonds. The van der Waals surface area contributed by atoms with Crippen LogP contribution in [0.25, 0.3) is 11.1 Å². The minimum atomic E-state index is 0.749. The molecular formula is C20H18O3. The lowest BCUT2D eigenvalue weighted by atomic mass is 10.1. The third kappa shape index (κ3) is 3.64. The normalized spacial score (nSPS) is 10.2. The summed E-state index contributed by atoms with van der Waals surface area (Å²) in [7, 11) is 3.31. The molecule has 0 aliphatic heterocycles. The summed E-state index contributed by atoms with van der Waals surface area (Å²) >= 11 is 0. The van der Waals surface area contributed by atoms with E-state index in [1.54, 1.807) is 14.2 Å². The molecule has 0 aromatic heterocycles. The van der Waals surface area contributed by atoms with E-state index in [-0.39, 0.29) is 0 Å². The zero-order valence-corrected chi connectivity index (χ0v) is 13.2. The highest BCUT2D eigenvalue weighted by Gasteiger charge is 2.02. The van der Waals surface area contributed by atoms with Crippen LogP contribution in [-0.4, -0.2) is 14.2 Å². The van der Waals surface area contributed by atoms with Gasteiger partial charge in [0, 0.05) is 6.07 Å². The number of methoxy groups -OCH3 is 2. The topological polar surface area (TPSA) is 27.7 Å². The largest absolute Gasteiger partial charge is 0.497 e. The first kappa shape index (κ1) is 15.0. The molecule has 23 heavy (non-hydrogen) atoms. The molecule has 0 saturated heterocycles. The van der Waals surface area contributed by atoms with Crippen molar-refractivity contribution in [1.29, 1.82) is 0 Å². The third-order valence-corrected chi connectivity index (χ3v) is 3.53. The van der Waals surface area contributed by atoms with Crippen LogP contribution >= 0.6 is 0 Å². The zero-order chi connectivity index (χ0) is 16.1. The smallest absolute Gasteiger partial charge is 0.131 e. The maximum atomic E-state index is 5.85. The minimum absolute atomic E-state index is 0.749. The Hall–Kier alpha value is -2.94. The molecule has 3 nitrogen and oxygen atoms in total. The average Bonchev–Trinajstić information content (AvgIpc) is 2.62. The van der Waals surface area contributed by atoms with Gasteiger partial charge in [0.05, 0.1) is 14.2 Å². The van der Waals surface area contributed by atoms with Gasteiger partial charge >= 0.3 is 0 Å². The number of ether oxygens (including phenoxy) is 3. The van der Waals surface area contributed by atoms with E-state index in [0.717, 1.165) is 34.1 Å². The van der Waals surface area contributed by atoms with E-state index >= 15 is 0 Å². The van der Waals surface area contributed by atoms with Crippen molar-refractivity contribution in [3.8, 4) is 34.1 Å². The molecule has 3 aromatic carbocycles. The van der Waals surface area contributed by atoms with Crippen molar-refractivity contribution in [3.05, 3.63) is 72.8 Å². The molecule has 3 rings (SSSR count). The second-order valence-electron chi connectivity index (χ2n) is 5.04. The molecule has 0 aliphatic rings. The number of hydrogen-bond acceptors (Lipinski definition) is 3. The lowest BCUT2D eigenvalue weighted by Crippen LogP contribution is -1.87. The molecule has 0 heterocycles. The van der Waals surface area contributed by atoms with Gasteiger partial charge in [-0.3, -0.25) is 0 Å². The number of hydrogen-bond donors (Lipinski definition) is 0. The van der Waals surface area contributed by atoms with Gasteiger partial charge in [-0.05, 0) is 47.5 Å². The van der Waals surface area contributed by atoms with Crippen molar-refractivity contribution in [1.82, 2.24) is 0 Å². The lowest BCUT2D eigenvalue weighted by molar-refractivity contribution is 0.409. The van der Waals surface area contributed by atoms with Crippen LogP contribution in [0.3, 0.4) is 0 Å². The Kier molecular flexibility index (Phi) is 4.48. The molecule has 0 saturated carbocycles. The first-order chi connectivity index (χ1) is 11.3. The molecule has 3 heteroatoms. The molecule has 116 valence electrons. The predicted octanol–water partition coefficient (Wildman–Crippen LogP) is 5.16. The number of rotatable bonds is 5. The van der Waals surface area contributed by atoms with Crippen LogP contribution in [0.4, 0.5) is 0 Å². The fourth-order valence-corrected chi connectivity index (χ4v) is 2.32. The van der Waals surface area contributed by atoms with Crippen molar-refractivity contribution in [2.24, 2.45) is 0 Å². The van der Waals surface area contributed by atoms with E-state index in [4.69, 9.17) is 14.2 Å². The number of benzene rings is 3. The summed E-state index contributed by atoms with van der Waals surface area (Å²) in [6.07, 6.45) is 0. The van der Waals surface area contributed by atoms with E-state index in [2.05, 4.69) is 6.07 Å². The molecule has 0 radical (unpaired) electrons. The van der Waals surface area contributed by atoms with Gasteiger partial charge in [-0.2, -0.15) is 0 Å². The van der Waals surface area contributed by atoms with Crippen LogP contribution < -0.4 is 14.2 Å². The summed E-state index contributed by atoms with van der Waals surface area (Å²) in [4.78, 5) is 0. The molecule has 0 N–H and O–H groups in total. The van der Waals surface area contributed by atoms with E-state index in [1.807, 2.05) is 66.7 Å². The second kappa shape index (κ2) is 6.88. The van der Waals surface area contributed by atoms with E-state index < -0.39 is 0 Å². The summed E-state index contributed by atoms with van der Waals surface area (Å²) in [5.74, 6) is 3.15. The van der Waals surface area contributed by atoms with Crippen LogP contribution in [0.2, 0.25) is 0 Å². The van der Waals surface area contributed by atoms with Gasteiger partial charge in [0.25, 0.3) is 0 Å². The summed E-state index contributed by atoms with van der Waals surface area (Å²) in [5, 5.41) is 0. The second-order valence-corrected chi connectivity index (χ2v) is 5.04. The van der Waals surface area contributed by atoms with Crippen molar-refractivity contribution >= 4 is 0 Å². The lowest BCUT2D eigenvalue weighted by Gasteiger charge is -2.09. The Bertz CT molecular complexity index is 779. The van der Waals surface area contributed by atoms with Crippen LogP contribution in [0.5, 0.6) is 23.0 Å². The van der Waals surface area contributed by atoms with Crippen LogP contribution in [0.15, 0.2) is 72.8 Å². The van der Waals surface area contributed by atoms with Crippen molar-refractivity contribution < 1.29 is 14.2 Å². The summed E-state index contributed by atoms with van der Waals surface area (Å²) in [6, 6.07) is 23.5. The van der Waals surface area contributed by atoms with Crippen molar-refractivity contribution in [2.45, 2.75) is 0 Å². The molecule has 0 unspecified atom stereocenters. The van der Waals surface area contributed by atoms with Crippen LogP contribution in [0, 0.1) is 0 Å².